The minimum absolute atomic E-state index is 0.276. The number of aromatic nitrogens is 5. The quantitative estimate of drug-likeness (QED) is 0.399. The number of nitrogens with one attached hydrogen (secondary N) is 3. The maximum absolute atomic E-state index is 13.8. The Labute approximate surface area is 177 Å². The van der Waals surface area contributed by atoms with Gasteiger partial charge in [0, 0.05) is 17.1 Å². The summed E-state index contributed by atoms with van der Waals surface area (Å²) in [6.07, 6.45) is 4.00. The molecule has 0 radical (unpaired) electrons. The molecule has 0 unspecified atom stereocenters. The van der Waals surface area contributed by atoms with Crippen LogP contribution < -0.4 is 5.32 Å². The number of nitrogens with zero attached hydrogens (tertiary/aromatic N) is 3. The van der Waals surface area contributed by atoms with Crippen molar-refractivity contribution in [2.75, 3.05) is 13.1 Å². The number of benzene rings is 2. The molecule has 154 valence electrons. The number of aromatic amines is 2. The van der Waals surface area contributed by atoms with Crippen LogP contribution in [0.2, 0.25) is 0 Å². The Bertz CT molecular complexity index is 1400. The van der Waals surface area contributed by atoms with E-state index in [0.717, 1.165) is 53.7 Å². The van der Waals surface area contributed by atoms with Gasteiger partial charge in [0.15, 0.2) is 11.5 Å². The van der Waals surface area contributed by atoms with E-state index < -0.39 is 0 Å². The fraction of sp³-hybridized carbons (Fsp3) is 0.208. The summed E-state index contributed by atoms with van der Waals surface area (Å²) in [4.78, 5) is 12.6. The van der Waals surface area contributed by atoms with Gasteiger partial charge in [-0.15, -0.1) is 0 Å². The van der Waals surface area contributed by atoms with Crippen molar-refractivity contribution in [1.29, 1.82) is 0 Å². The van der Waals surface area contributed by atoms with Crippen LogP contribution in [0.3, 0.4) is 0 Å². The summed E-state index contributed by atoms with van der Waals surface area (Å²) in [7, 11) is 0. The van der Waals surface area contributed by atoms with Gasteiger partial charge >= 0.3 is 0 Å². The third-order valence-corrected chi connectivity index (χ3v) is 6.14. The largest absolute Gasteiger partial charge is 0.321 e. The Morgan fingerprint density at radius 2 is 1.90 bits per heavy atom. The van der Waals surface area contributed by atoms with E-state index in [-0.39, 0.29) is 5.82 Å². The molecular formula is C24H21FN6. The molecule has 3 aromatic heterocycles. The van der Waals surface area contributed by atoms with Crippen LogP contribution in [0, 0.1) is 5.82 Å². The predicted molar refractivity (Wildman–Crippen MR) is 119 cm³/mol. The van der Waals surface area contributed by atoms with Crippen LogP contribution >= 0.6 is 0 Å². The topological polar surface area (TPSA) is 82.3 Å². The van der Waals surface area contributed by atoms with Gasteiger partial charge in [0.25, 0.3) is 0 Å². The van der Waals surface area contributed by atoms with Crippen LogP contribution in [0.1, 0.15) is 24.3 Å². The zero-order valence-corrected chi connectivity index (χ0v) is 16.8. The zero-order chi connectivity index (χ0) is 20.8. The second-order valence-electron chi connectivity index (χ2n) is 8.05. The maximum atomic E-state index is 13.8. The molecule has 0 aliphatic carbocycles. The highest BCUT2D eigenvalue weighted by Gasteiger charge is 2.19. The number of hydrogen-bond acceptors (Lipinski definition) is 4. The first kappa shape index (κ1) is 18.2. The predicted octanol–water partition coefficient (Wildman–Crippen LogP) is 4.77. The number of halogens is 1. The molecule has 1 saturated heterocycles. The van der Waals surface area contributed by atoms with Crippen molar-refractivity contribution in [3.8, 4) is 22.6 Å². The van der Waals surface area contributed by atoms with E-state index in [4.69, 9.17) is 4.98 Å². The number of imidazole rings is 1. The fourth-order valence-electron chi connectivity index (χ4n) is 4.53. The molecule has 5 aromatic rings. The number of piperidine rings is 1. The van der Waals surface area contributed by atoms with E-state index in [2.05, 4.69) is 43.7 Å². The van der Waals surface area contributed by atoms with Crippen LogP contribution in [0.25, 0.3) is 44.7 Å². The van der Waals surface area contributed by atoms with E-state index >= 15 is 0 Å². The molecule has 3 N–H and O–H groups in total. The van der Waals surface area contributed by atoms with Crippen molar-refractivity contribution >= 4 is 22.1 Å². The van der Waals surface area contributed by atoms with Crippen molar-refractivity contribution in [1.82, 2.24) is 30.5 Å². The first-order valence-electron chi connectivity index (χ1n) is 10.6. The molecule has 7 heteroatoms. The highest BCUT2D eigenvalue weighted by molar-refractivity contribution is 5.96. The number of H-pyrrole nitrogens is 2. The van der Waals surface area contributed by atoms with E-state index in [1.807, 2.05) is 12.1 Å². The average Bonchev–Trinajstić information content (AvgIpc) is 3.43. The third-order valence-electron chi connectivity index (χ3n) is 6.14. The van der Waals surface area contributed by atoms with Crippen LogP contribution in [0.15, 0.2) is 54.7 Å². The molecule has 0 spiro atoms. The standard InChI is InChI=1S/C24H21FN6/c25-17-3-1-2-16(12-17)18-8-11-27-23-21(18)28-24(29-23)22-19-13-15(4-5-20(19)30-31-22)14-6-9-26-10-7-14/h1-5,8,11-14,26H,6-7,9-10H2,(H,30,31)(H,27,28,29). The van der Waals surface area contributed by atoms with Crippen LogP contribution in [-0.2, 0) is 0 Å². The minimum Gasteiger partial charge on any atom is -0.321 e. The van der Waals surface area contributed by atoms with Gasteiger partial charge in [0.05, 0.1) is 5.52 Å². The summed E-state index contributed by atoms with van der Waals surface area (Å²) in [6.45, 7) is 2.11. The molecule has 2 aromatic carbocycles. The lowest BCUT2D eigenvalue weighted by Gasteiger charge is -2.23. The van der Waals surface area contributed by atoms with Gasteiger partial charge in [0.1, 0.15) is 17.0 Å². The molecule has 0 amide bonds. The summed E-state index contributed by atoms with van der Waals surface area (Å²) in [5.41, 5.74) is 6.05. The zero-order valence-electron chi connectivity index (χ0n) is 16.8. The summed E-state index contributed by atoms with van der Waals surface area (Å²) >= 11 is 0. The number of fused-ring (bicyclic) bond motifs is 2. The maximum Gasteiger partial charge on any atom is 0.160 e. The van der Waals surface area contributed by atoms with E-state index in [0.29, 0.717) is 22.9 Å². The van der Waals surface area contributed by atoms with Crippen molar-refractivity contribution in [3.63, 3.8) is 0 Å². The van der Waals surface area contributed by atoms with Gasteiger partial charge in [-0.1, -0.05) is 18.2 Å². The molecule has 1 fully saturated rings. The number of pyridine rings is 1. The Balaban J connectivity index is 1.47. The minimum atomic E-state index is -0.276. The van der Waals surface area contributed by atoms with Gasteiger partial charge in [-0.3, -0.25) is 5.10 Å². The van der Waals surface area contributed by atoms with E-state index in [9.17, 15) is 4.39 Å². The van der Waals surface area contributed by atoms with Crippen molar-refractivity contribution in [3.05, 3.63) is 66.1 Å². The molecule has 4 heterocycles. The van der Waals surface area contributed by atoms with Gasteiger partial charge in [-0.25, -0.2) is 14.4 Å². The molecule has 6 rings (SSSR count). The highest BCUT2D eigenvalue weighted by Crippen LogP contribution is 2.33. The molecule has 0 atom stereocenters. The molecule has 0 bridgehead atoms. The van der Waals surface area contributed by atoms with Gasteiger partial charge in [0.2, 0.25) is 0 Å². The molecule has 31 heavy (non-hydrogen) atoms. The van der Waals surface area contributed by atoms with E-state index in [1.165, 1.54) is 17.7 Å². The number of rotatable bonds is 3. The monoisotopic (exact) mass is 412 g/mol. The van der Waals surface area contributed by atoms with Crippen molar-refractivity contribution in [2.45, 2.75) is 18.8 Å². The van der Waals surface area contributed by atoms with Crippen molar-refractivity contribution < 1.29 is 4.39 Å². The lowest BCUT2D eigenvalue weighted by molar-refractivity contribution is 0.460. The Morgan fingerprint density at radius 3 is 2.77 bits per heavy atom. The summed E-state index contributed by atoms with van der Waals surface area (Å²) < 4.78 is 13.8. The second kappa shape index (κ2) is 7.28. The first-order chi connectivity index (χ1) is 15.3. The lowest BCUT2D eigenvalue weighted by Crippen LogP contribution is -2.26. The average molecular weight is 412 g/mol. The Morgan fingerprint density at radius 1 is 1.00 bits per heavy atom. The SMILES string of the molecule is Fc1cccc(-c2ccnc3[nH]c(-c4n[nH]c5ccc(C6CCNCC6)cc45)nc23)c1. The molecule has 0 saturated carbocycles. The molecule has 6 nitrogen and oxygen atoms in total. The third kappa shape index (κ3) is 3.18. The molecule has 1 aliphatic heterocycles. The first-order valence-corrected chi connectivity index (χ1v) is 10.6. The summed E-state index contributed by atoms with van der Waals surface area (Å²) in [5.74, 6) is 0.937. The summed E-state index contributed by atoms with van der Waals surface area (Å²) in [6, 6.07) is 14.9. The van der Waals surface area contributed by atoms with Crippen LogP contribution in [0.4, 0.5) is 4.39 Å². The molecular weight excluding hydrogens is 391 g/mol. The fourth-order valence-corrected chi connectivity index (χ4v) is 4.53. The molecule has 1 aliphatic rings. The van der Waals surface area contributed by atoms with Crippen LogP contribution in [-0.4, -0.2) is 38.2 Å². The normalized spacial score (nSPS) is 15.1. The Hall–Kier alpha value is -3.58. The van der Waals surface area contributed by atoms with Crippen molar-refractivity contribution in [2.24, 2.45) is 0 Å². The second-order valence-corrected chi connectivity index (χ2v) is 8.05. The summed E-state index contributed by atoms with van der Waals surface area (Å²) in [5, 5.41) is 12.1. The number of hydrogen-bond donors (Lipinski definition) is 3. The van der Waals surface area contributed by atoms with Gasteiger partial charge in [-0.05, 0) is 73.3 Å². The smallest absolute Gasteiger partial charge is 0.160 e. The highest BCUT2D eigenvalue weighted by atomic mass is 19.1. The van der Waals surface area contributed by atoms with Gasteiger partial charge < -0.3 is 10.3 Å². The Kier molecular flexibility index (Phi) is 4.28. The van der Waals surface area contributed by atoms with E-state index in [1.54, 1.807) is 12.3 Å². The van der Waals surface area contributed by atoms with Crippen LogP contribution in [0.5, 0.6) is 0 Å². The van der Waals surface area contributed by atoms with Gasteiger partial charge in [-0.2, -0.15) is 5.10 Å². The lowest BCUT2D eigenvalue weighted by atomic mass is 9.89.